The molecule has 132 valence electrons. The SMILES string of the molecule is Cc1cc(C)cc(Nc2cc(C(=O)N(C)c3ccccc3)nc(C)n2)c1. The van der Waals surface area contributed by atoms with E-state index in [1.807, 2.05) is 56.3 Å². The zero-order chi connectivity index (χ0) is 18.7. The van der Waals surface area contributed by atoms with E-state index in [0.29, 0.717) is 17.3 Å². The molecule has 0 unspecified atom stereocenters. The number of hydrogen-bond acceptors (Lipinski definition) is 4. The Labute approximate surface area is 153 Å². The molecule has 1 N–H and O–H groups in total. The minimum Gasteiger partial charge on any atom is -0.340 e. The second-order valence-corrected chi connectivity index (χ2v) is 6.39. The number of aromatic nitrogens is 2. The lowest BCUT2D eigenvalue weighted by Gasteiger charge is -2.17. The smallest absolute Gasteiger partial charge is 0.276 e. The van der Waals surface area contributed by atoms with E-state index in [2.05, 4.69) is 21.4 Å². The van der Waals surface area contributed by atoms with E-state index < -0.39 is 0 Å². The summed E-state index contributed by atoms with van der Waals surface area (Å²) in [4.78, 5) is 23.1. The van der Waals surface area contributed by atoms with Gasteiger partial charge in [0.1, 0.15) is 17.3 Å². The number of amides is 1. The van der Waals surface area contributed by atoms with Crippen LogP contribution in [0.1, 0.15) is 27.4 Å². The van der Waals surface area contributed by atoms with Gasteiger partial charge in [-0.1, -0.05) is 24.3 Å². The van der Waals surface area contributed by atoms with Crippen molar-refractivity contribution in [2.75, 3.05) is 17.3 Å². The molecule has 0 fully saturated rings. The average molecular weight is 346 g/mol. The van der Waals surface area contributed by atoms with Gasteiger partial charge in [0.2, 0.25) is 0 Å². The Hall–Kier alpha value is -3.21. The van der Waals surface area contributed by atoms with Crippen molar-refractivity contribution in [2.45, 2.75) is 20.8 Å². The third-order valence-corrected chi connectivity index (χ3v) is 4.00. The maximum Gasteiger partial charge on any atom is 0.276 e. The zero-order valence-corrected chi connectivity index (χ0v) is 15.4. The van der Waals surface area contributed by atoms with E-state index in [0.717, 1.165) is 11.4 Å². The van der Waals surface area contributed by atoms with Crippen LogP contribution in [0.3, 0.4) is 0 Å². The van der Waals surface area contributed by atoms with Crippen LogP contribution < -0.4 is 10.2 Å². The first-order valence-corrected chi connectivity index (χ1v) is 8.46. The lowest BCUT2D eigenvalue weighted by atomic mass is 10.1. The number of carbonyl (C=O) groups is 1. The third kappa shape index (κ3) is 4.06. The summed E-state index contributed by atoms with van der Waals surface area (Å²) < 4.78 is 0. The van der Waals surface area contributed by atoms with Gasteiger partial charge in [-0.2, -0.15) is 0 Å². The van der Waals surface area contributed by atoms with Gasteiger partial charge < -0.3 is 10.2 Å². The maximum atomic E-state index is 12.8. The fourth-order valence-corrected chi connectivity index (χ4v) is 2.88. The summed E-state index contributed by atoms with van der Waals surface area (Å²) in [5, 5.41) is 3.28. The van der Waals surface area contributed by atoms with Gasteiger partial charge in [-0.05, 0) is 56.2 Å². The molecule has 26 heavy (non-hydrogen) atoms. The van der Waals surface area contributed by atoms with Crippen molar-refractivity contribution in [1.29, 1.82) is 0 Å². The van der Waals surface area contributed by atoms with E-state index >= 15 is 0 Å². The summed E-state index contributed by atoms with van der Waals surface area (Å²) in [6.07, 6.45) is 0. The van der Waals surface area contributed by atoms with Crippen LogP contribution in [0.25, 0.3) is 0 Å². The highest BCUT2D eigenvalue weighted by Gasteiger charge is 2.16. The van der Waals surface area contributed by atoms with E-state index in [1.165, 1.54) is 11.1 Å². The van der Waals surface area contributed by atoms with E-state index in [9.17, 15) is 4.79 Å². The Bertz CT molecular complexity index is 918. The predicted octanol–water partition coefficient (Wildman–Crippen LogP) is 4.42. The third-order valence-electron chi connectivity index (χ3n) is 4.00. The van der Waals surface area contributed by atoms with Gasteiger partial charge >= 0.3 is 0 Å². The molecule has 0 bridgehead atoms. The minimum atomic E-state index is -0.176. The lowest BCUT2D eigenvalue weighted by molar-refractivity contribution is 0.0988. The number of para-hydroxylation sites is 1. The number of nitrogens with zero attached hydrogens (tertiary/aromatic N) is 3. The average Bonchev–Trinajstić information content (AvgIpc) is 2.60. The Morgan fingerprint density at radius 3 is 2.23 bits per heavy atom. The molecule has 5 heteroatoms. The minimum absolute atomic E-state index is 0.176. The molecule has 0 spiro atoms. The molecule has 3 aromatic rings. The second kappa shape index (κ2) is 7.35. The molecule has 3 rings (SSSR count). The van der Waals surface area contributed by atoms with Crippen molar-refractivity contribution in [3.63, 3.8) is 0 Å². The van der Waals surface area contributed by atoms with E-state index in [1.54, 1.807) is 24.9 Å². The Balaban J connectivity index is 1.88. The van der Waals surface area contributed by atoms with Crippen LogP contribution in [0.2, 0.25) is 0 Å². The maximum absolute atomic E-state index is 12.8. The molecule has 0 saturated carbocycles. The van der Waals surface area contributed by atoms with Crippen molar-refractivity contribution in [3.8, 4) is 0 Å². The van der Waals surface area contributed by atoms with Crippen molar-refractivity contribution in [1.82, 2.24) is 9.97 Å². The van der Waals surface area contributed by atoms with Gasteiger partial charge in [-0.15, -0.1) is 0 Å². The Morgan fingerprint density at radius 2 is 1.58 bits per heavy atom. The molecule has 5 nitrogen and oxygen atoms in total. The van der Waals surface area contributed by atoms with Crippen LogP contribution in [0.15, 0.2) is 54.6 Å². The summed E-state index contributed by atoms with van der Waals surface area (Å²) >= 11 is 0. The number of aryl methyl sites for hydroxylation is 3. The van der Waals surface area contributed by atoms with E-state index in [-0.39, 0.29) is 5.91 Å². The van der Waals surface area contributed by atoms with Gasteiger partial charge in [-0.3, -0.25) is 4.79 Å². The first-order valence-electron chi connectivity index (χ1n) is 8.46. The molecule has 0 atom stereocenters. The molecule has 1 aromatic heterocycles. The molecule has 0 aliphatic carbocycles. The van der Waals surface area contributed by atoms with Crippen molar-refractivity contribution >= 4 is 23.1 Å². The number of rotatable bonds is 4. The summed E-state index contributed by atoms with van der Waals surface area (Å²) in [5.41, 5.74) is 4.44. The van der Waals surface area contributed by atoms with Gasteiger partial charge in [0.15, 0.2) is 0 Å². The zero-order valence-electron chi connectivity index (χ0n) is 15.4. The van der Waals surface area contributed by atoms with Crippen molar-refractivity contribution in [3.05, 3.63) is 77.2 Å². The molecule has 0 aliphatic rings. The Morgan fingerprint density at radius 1 is 0.923 bits per heavy atom. The van der Waals surface area contributed by atoms with Gasteiger partial charge in [0, 0.05) is 24.5 Å². The van der Waals surface area contributed by atoms with Gasteiger partial charge in [0.25, 0.3) is 5.91 Å². The lowest BCUT2D eigenvalue weighted by Crippen LogP contribution is -2.27. The second-order valence-electron chi connectivity index (χ2n) is 6.39. The molecule has 1 heterocycles. The van der Waals surface area contributed by atoms with Crippen LogP contribution in [0, 0.1) is 20.8 Å². The predicted molar refractivity (Wildman–Crippen MR) is 105 cm³/mol. The fraction of sp³-hybridized carbons (Fsp3) is 0.190. The summed E-state index contributed by atoms with van der Waals surface area (Å²) in [6, 6.07) is 17.4. The first kappa shape index (κ1) is 17.6. The largest absolute Gasteiger partial charge is 0.340 e. The van der Waals surface area contributed by atoms with Gasteiger partial charge in [0.05, 0.1) is 0 Å². The standard InChI is InChI=1S/C21H22N4O/c1-14-10-15(2)12-17(11-14)24-20-13-19(22-16(3)23-20)21(26)25(4)18-8-6-5-7-9-18/h5-13H,1-4H3,(H,22,23,24). The number of benzene rings is 2. The van der Waals surface area contributed by atoms with Crippen LogP contribution in [0.4, 0.5) is 17.2 Å². The first-order chi connectivity index (χ1) is 12.4. The van der Waals surface area contributed by atoms with Crippen molar-refractivity contribution in [2.24, 2.45) is 0 Å². The van der Waals surface area contributed by atoms with Crippen molar-refractivity contribution < 1.29 is 4.79 Å². The highest BCUT2D eigenvalue weighted by atomic mass is 16.2. The van der Waals surface area contributed by atoms with Gasteiger partial charge in [-0.25, -0.2) is 9.97 Å². The summed E-state index contributed by atoms with van der Waals surface area (Å²) in [5.74, 6) is 0.974. The number of carbonyl (C=O) groups excluding carboxylic acids is 1. The summed E-state index contributed by atoms with van der Waals surface area (Å²) in [7, 11) is 1.74. The van der Waals surface area contributed by atoms with Crippen LogP contribution in [0.5, 0.6) is 0 Å². The molecule has 1 amide bonds. The highest BCUT2D eigenvalue weighted by molar-refractivity contribution is 6.04. The van der Waals surface area contributed by atoms with Crippen LogP contribution >= 0.6 is 0 Å². The number of hydrogen-bond donors (Lipinski definition) is 1. The van der Waals surface area contributed by atoms with Crippen LogP contribution in [-0.4, -0.2) is 22.9 Å². The fourth-order valence-electron chi connectivity index (χ4n) is 2.88. The van der Waals surface area contributed by atoms with E-state index in [4.69, 9.17) is 0 Å². The quantitative estimate of drug-likeness (QED) is 0.759. The number of nitrogens with one attached hydrogen (secondary N) is 1. The monoisotopic (exact) mass is 346 g/mol. The van der Waals surface area contributed by atoms with Crippen LogP contribution in [-0.2, 0) is 0 Å². The molecular formula is C21H22N4O. The topological polar surface area (TPSA) is 58.1 Å². The molecule has 0 aliphatic heterocycles. The molecule has 0 saturated heterocycles. The highest BCUT2D eigenvalue weighted by Crippen LogP contribution is 2.20. The molecular weight excluding hydrogens is 324 g/mol. The molecule has 0 radical (unpaired) electrons. The molecule has 2 aromatic carbocycles. The Kier molecular flexibility index (Phi) is 4.98. The summed E-state index contributed by atoms with van der Waals surface area (Å²) in [6.45, 7) is 5.88. The normalized spacial score (nSPS) is 10.5. The number of anilines is 3.